The van der Waals surface area contributed by atoms with Crippen LogP contribution in [-0.4, -0.2) is 16.5 Å². The molecule has 18 heavy (non-hydrogen) atoms. The maximum Gasteiger partial charge on any atom is 0.416 e. The summed E-state index contributed by atoms with van der Waals surface area (Å²) in [6, 6.07) is 2.67. The van der Waals surface area contributed by atoms with E-state index in [9.17, 15) is 27.1 Å². The smallest absolute Gasteiger partial charge is 0.382 e. The van der Waals surface area contributed by atoms with Crippen LogP contribution in [0.3, 0.4) is 0 Å². The van der Waals surface area contributed by atoms with Gasteiger partial charge in [-0.25, -0.2) is 8.78 Å². The number of rotatable bonds is 2. The molecule has 2 N–H and O–H groups in total. The molecule has 0 bridgehead atoms. The first-order chi connectivity index (χ1) is 8.30. The van der Waals surface area contributed by atoms with Crippen molar-refractivity contribution in [2.45, 2.75) is 18.7 Å². The topological polar surface area (TPSA) is 36.0 Å². The molecule has 1 aromatic heterocycles. The molecule has 2 aromatic rings. The summed E-state index contributed by atoms with van der Waals surface area (Å²) in [5.74, 6) is 0. The van der Waals surface area contributed by atoms with Gasteiger partial charge in [0.25, 0.3) is 6.43 Å². The zero-order valence-corrected chi connectivity index (χ0v) is 8.80. The Bertz CT molecular complexity index is 560. The maximum atomic E-state index is 12.4. The third-order valence-electron chi connectivity index (χ3n) is 2.60. The van der Waals surface area contributed by atoms with Gasteiger partial charge in [-0.05, 0) is 12.1 Å². The molecule has 0 radical (unpaired) electrons. The van der Waals surface area contributed by atoms with Gasteiger partial charge < -0.3 is 10.1 Å². The molecule has 0 aliphatic rings. The zero-order chi connectivity index (χ0) is 13.5. The zero-order valence-electron chi connectivity index (χ0n) is 8.80. The number of nitrogens with one attached hydrogen (secondary N) is 1. The van der Waals surface area contributed by atoms with Crippen molar-refractivity contribution in [1.29, 1.82) is 0 Å². The molecular weight excluding hydrogens is 257 g/mol. The fraction of sp³-hybridized carbons (Fsp3) is 0.273. The summed E-state index contributed by atoms with van der Waals surface area (Å²) in [6.07, 6.45) is -8.43. The van der Waals surface area contributed by atoms with Crippen LogP contribution in [0, 0.1) is 0 Å². The maximum absolute atomic E-state index is 12.4. The number of aromatic nitrogens is 1. The van der Waals surface area contributed by atoms with Gasteiger partial charge in [0.15, 0.2) is 0 Å². The quantitative estimate of drug-likeness (QED) is 0.801. The summed E-state index contributed by atoms with van der Waals surface area (Å²) in [5, 5.41) is 9.37. The van der Waals surface area contributed by atoms with Gasteiger partial charge >= 0.3 is 6.18 Å². The molecule has 0 aliphatic carbocycles. The number of alkyl halides is 5. The molecule has 0 aliphatic heterocycles. The van der Waals surface area contributed by atoms with Gasteiger partial charge in [0.1, 0.15) is 6.10 Å². The van der Waals surface area contributed by atoms with Gasteiger partial charge in [0.05, 0.1) is 5.56 Å². The molecule has 0 amide bonds. The van der Waals surface area contributed by atoms with Gasteiger partial charge in [-0.2, -0.15) is 13.2 Å². The second-order valence-electron chi connectivity index (χ2n) is 3.78. The van der Waals surface area contributed by atoms with E-state index in [2.05, 4.69) is 4.98 Å². The minimum atomic E-state index is -4.50. The van der Waals surface area contributed by atoms with Crippen LogP contribution < -0.4 is 0 Å². The molecule has 98 valence electrons. The Balaban J connectivity index is 2.50. The van der Waals surface area contributed by atoms with E-state index in [4.69, 9.17) is 0 Å². The number of halogens is 5. The van der Waals surface area contributed by atoms with E-state index in [-0.39, 0.29) is 16.5 Å². The van der Waals surface area contributed by atoms with E-state index in [1.807, 2.05) is 0 Å². The first-order valence-corrected chi connectivity index (χ1v) is 4.95. The van der Waals surface area contributed by atoms with E-state index >= 15 is 0 Å². The second kappa shape index (κ2) is 4.24. The summed E-state index contributed by atoms with van der Waals surface area (Å²) in [7, 11) is 0. The van der Waals surface area contributed by atoms with Gasteiger partial charge in [-0.1, -0.05) is 6.07 Å². The molecule has 0 spiro atoms. The van der Waals surface area contributed by atoms with Crippen molar-refractivity contribution >= 4 is 10.9 Å². The third-order valence-corrected chi connectivity index (χ3v) is 2.60. The standard InChI is InChI=1S/C11H8F5NO/c12-10(13)9(18)7-4-17-8-3-5(11(14,15)16)1-2-6(7)8/h1-4,9-10,17-18H. The Morgan fingerprint density at radius 2 is 1.83 bits per heavy atom. The summed E-state index contributed by atoms with van der Waals surface area (Å²) in [6.45, 7) is 0. The van der Waals surface area contributed by atoms with Gasteiger partial charge in [0.2, 0.25) is 0 Å². The molecule has 1 atom stereocenters. The van der Waals surface area contributed by atoms with Crippen molar-refractivity contribution in [1.82, 2.24) is 4.98 Å². The van der Waals surface area contributed by atoms with E-state index < -0.39 is 24.3 Å². The number of fused-ring (bicyclic) bond motifs is 1. The first-order valence-electron chi connectivity index (χ1n) is 4.95. The van der Waals surface area contributed by atoms with Crippen LogP contribution in [0.5, 0.6) is 0 Å². The Morgan fingerprint density at radius 3 is 2.39 bits per heavy atom. The van der Waals surface area contributed by atoms with Gasteiger partial charge in [-0.15, -0.1) is 0 Å². The highest BCUT2D eigenvalue weighted by atomic mass is 19.4. The first kappa shape index (κ1) is 12.8. The molecule has 2 rings (SSSR count). The van der Waals surface area contributed by atoms with E-state index in [0.717, 1.165) is 24.4 Å². The van der Waals surface area contributed by atoms with Crippen molar-refractivity contribution in [3.63, 3.8) is 0 Å². The third kappa shape index (κ3) is 2.17. The fourth-order valence-electron chi connectivity index (χ4n) is 1.71. The number of aromatic amines is 1. The van der Waals surface area contributed by atoms with Crippen LogP contribution in [0.1, 0.15) is 17.2 Å². The van der Waals surface area contributed by atoms with E-state index in [1.54, 1.807) is 0 Å². The van der Waals surface area contributed by atoms with Crippen LogP contribution in [-0.2, 0) is 6.18 Å². The highest BCUT2D eigenvalue weighted by Gasteiger charge is 2.31. The molecule has 1 heterocycles. The highest BCUT2D eigenvalue weighted by molar-refractivity contribution is 5.84. The molecule has 2 nitrogen and oxygen atoms in total. The normalized spacial score (nSPS) is 14.4. The van der Waals surface area contributed by atoms with Crippen LogP contribution in [0.25, 0.3) is 10.9 Å². The SMILES string of the molecule is OC(c1c[nH]c2cc(C(F)(F)F)ccc12)C(F)F. The Hall–Kier alpha value is -1.63. The molecule has 1 unspecified atom stereocenters. The minimum absolute atomic E-state index is 0.0551. The summed E-state index contributed by atoms with van der Waals surface area (Å²) in [5.41, 5.74) is -0.941. The van der Waals surface area contributed by atoms with Gasteiger partial charge in [0, 0.05) is 22.7 Å². The molecule has 0 saturated heterocycles. The van der Waals surface area contributed by atoms with Crippen molar-refractivity contribution in [2.75, 3.05) is 0 Å². The number of hydrogen-bond acceptors (Lipinski definition) is 1. The molecule has 0 saturated carbocycles. The molecule has 0 fully saturated rings. The largest absolute Gasteiger partial charge is 0.416 e. The lowest BCUT2D eigenvalue weighted by molar-refractivity contribution is -0.137. The molecular formula is C11H8F5NO. The van der Waals surface area contributed by atoms with Crippen LogP contribution >= 0.6 is 0 Å². The monoisotopic (exact) mass is 265 g/mol. The second-order valence-corrected chi connectivity index (χ2v) is 3.78. The summed E-state index contributed by atoms with van der Waals surface area (Å²) >= 11 is 0. The van der Waals surface area contributed by atoms with E-state index in [1.165, 1.54) is 0 Å². The van der Waals surface area contributed by atoms with Crippen LogP contribution in [0.2, 0.25) is 0 Å². The van der Waals surface area contributed by atoms with Crippen molar-refractivity contribution in [3.05, 3.63) is 35.5 Å². The number of aliphatic hydroxyl groups is 1. The number of aliphatic hydroxyl groups excluding tert-OH is 1. The predicted molar refractivity (Wildman–Crippen MR) is 54.3 cm³/mol. The van der Waals surface area contributed by atoms with E-state index in [0.29, 0.717) is 0 Å². The number of H-pyrrole nitrogens is 1. The highest BCUT2D eigenvalue weighted by Crippen LogP contribution is 2.34. The van der Waals surface area contributed by atoms with Crippen molar-refractivity contribution in [3.8, 4) is 0 Å². The fourth-order valence-corrected chi connectivity index (χ4v) is 1.71. The Kier molecular flexibility index (Phi) is 3.02. The van der Waals surface area contributed by atoms with Crippen LogP contribution in [0.15, 0.2) is 24.4 Å². The van der Waals surface area contributed by atoms with Crippen molar-refractivity contribution < 1.29 is 27.1 Å². The lowest BCUT2D eigenvalue weighted by Crippen LogP contribution is -2.07. The Labute approximate surface area is 98.0 Å². The van der Waals surface area contributed by atoms with Gasteiger partial charge in [-0.3, -0.25) is 0 Å². The summed E-state index contributed by atoms with van der Waals surface area (Å²) in [4.78, 5) is 2.44. The van der Waals surface area contributed by atoms with Crippen molar-refractivity contribution in [2.24, 2.45) is 0 Å². The number of hydrogen-bond donors (Lipinski definition) is 2. The molecule has 7 heteroatoms. The number of benzene rings is 1. The summed E-state index contributed by atoms with van der Waals surface area (Å²) < 4.78 is 62.0. The van der Waals surface area contributed by atoms with Crippen LogP contribution in [0.4, 0.5) is 22.0 Å². The lowest BCUT2D eigenvalue weighted by atomic mass is 10.1. The average molecular weight is 265 g/mol. The Morgan fingerprint density at radius 1 is 1.17 bits per heavy atom. The lowest BCUT2D eigenvalue weighted by Gasteiger charge is -2.09. The average Bonchev–Trinajstić information content (AvgIpc) is 2.69. The predicted octanol–water partition coefficient (Wildman–Crippen LogP) is 3.49. The molecule has 1 aromatic carbocycles. The minimum Gasteiger partial charge on any atom is -0.382 e.